The van der Waals surface area contributed by atoms with E-state index >= 15 is 0 Å². The maximum atomic E-state index is 12.8. The summed E-state index contributed by atoms with van der Waals surface area (Å²) in [5, 5.41) is 12.6. The number of hydrogen-bond acceptors (Lipinski definition) is 4. The van der Waals surface area contributed by atoms with E-state index in [1.54, 1.807) is 19.2 Å². The van der Waals surface area contributed by atoms with Crippen molar-refractivity contribution < 1.29 is 19.0 Å². The van der Waals surface area contributed by atoms with Crippen molar-refractivity contribution >= 4 is 0 Å². The molecule has 0 aliphatic rings. The van der Waals surface area contributed by atoms with E-state index in [-0.39, 0.29) is 12.4 Å². The summed E-state index contributed by atoms with van der Waals surface area (Å²) in [6, 6.07) is 5.84. The summed E-state index contributed by atoms with van der Waals surface area (Å²) < 4.78 is 22.9. The zero-order valence-corrected chi connectivity index (χ0v) is 9.86. The van der Waals surface area contributed by atoms with Crippen molar-refractivity contribution in [2.45, 2.75) is 6.10 Å². The van der Waals surface area contributed by atoms with Gasteiger partial charge in [0.15, 0.2) is 0 Å². The molecule has 0 spiro atoms. The Labute approximate surface area is 100 Å². The molecule has 4 nitrogen and oxygen atoms in total. The third-order valence-electron chi connectivity index (χ3n) is 2.10. The zero-order valence-electron chi connectivity index (χ0n) is 9.86. The standard InChI is InChI=1S/C12H18FNO3/c1-16-6-5-14-8-11(15)9-17-12-4-2-3-10(13)7-12/h2-4,7,11,14-15H,5-6,8-9H2,1H3. The van der Waals surface area contributed by atoms with Gasteiger partial charge in [-0.15, -0.1) is 0 Å². The molecular formula is C12H18FNO3. The van der Waals surface area contributed by atoms with E-state index in [1.165, 1.54) is 12.1 Å². The molecule has 0 radical (unpaired) electrons. The summed E-state index contributed by atoms with van der Waals surface area (Å²) in [6.07, 6.45) is -0.630. The van der Waals surface area contributed by atoms with Crippen LogP contribution >= 0.6 is 0 Å². The predicted octanol–water partition coefficient (Wildman–Crippen LogP) is 0.801. The summed E-state index contributed by atoms with van der Waals surface area (Å²) >= 11 is 0. The van der Waals surface area contributed by atoms with Gasteiger partial charge in [0.1, 0.15) is 24.3 Å². The van der Waals surface area contributed by atoms with E-state index in [0.29, 0.717) is 25.4 Å². The van der Waals surface area contributed by atoms with Crippen molar-refractivity contribution in [3.8, 4) is 5.75 Å². The van der Waals surface area contributed by atoms with Gasteiger partial charge in [0.05, 0.1) is 6.61 Å². The molecule has 1 aromatic rings. The highest BCUT2D eigenvalue weighted by Crippen LogP contribution is 2.11. The smallest absolute Gasteiger partial charge is 0.126 e. The molecule has 0 aromatic heterocycles. The van der Waals surface area contributed by atoms with E-state index in [2.05, 4.69) is 5.32 Å². The van der Waals surface area contributed by atoms with E-state index in [0.717, 1.165) is 0 Å². The normalized spacial score (nSPS) is 12.4. The van der Waals surface area contributed by atoms with Crippen molar-refractivity contribution in [3.63, 3.8) is 0 Å². The third-order valence-corrected chi connectivity index (χ3v) is 2.10. The first-order chi connectivity index (χ1) is 8.22. The Morgan fingerprint density at radius 3 is 3.00 bits per heavy atom. The molecular weight excluding hydrogens is 225 g/mol. The van der Waals surface area contributed by atoms with Gasteiger partial charge in [0, 0.05) is 26.3 Å². The van der Waals surface area contributed by atoms with Crippen molar-refractivity contribution in [1.82, 2.24) is 5.32 Å². The van der Waals surface area contributed by atoms with E-state index in [4.69, 9.17) is 9.47 Å². The summed E-state index contributed by atoms with van der Waals surface area (Å²) in [5.41, 5.74) is 0. The van der Waals surface area contributed by atoms with Gasteiger partial charge in [-0.2, -0.15) is 0 Å². The van der Waals surface area contributed by atoms with Crippen LogP contribution in [0.25, 0.3) is 0 Å². The van der Waals surface area contributed by atoms with Crippen molar-refractivity contribution in [2.24, 2.45) is 0 Å². The van der Waals surface area contributed by atoms with Gasteiger partial charge in [0.2, 0.25) is 0 Å². The first kappa shape index (κ1) is 13.9. The molecule has 17 heavy (non-hydrogen) atoms. The van der Waals surface area contributed by atoms with Crippen molar-refractivity contribution in [3.05, 3.63) is 30.1 Å². The van der Waals surface area contributed by atoms with E-state index < -0.39 is 6.10 Å². The number of aliphatic hydroxyl groups excluding tert-OH is 1. The Bertz CT molecular complexity index is 322. The fraction of sp³-hybridized carbons (Fsp3) is 0.500. The molecule has 5 heteroatoms. The highest BCUT2D eigenvalue weighted by atomic mass is 19.1. The lowest BCUT2D eigenvalue weighted by Crippen LogP contribution is -2.33. The van der Waals surface area contributed by atoms with Crippen LogP contribution in [0, 0.1) is 5.82 Å². The van der Waals surface area contributed by atoms with Crippen LogP contribution in [0.2, 0.25) is 0 Å². The minimum absolute atomic E-state index is 0.128. The summed E-state index contributed by atoms with van der Waals surface area (Å²) in [7, 11) is 1.62. The van der Waals surface area contributed by atoms with Crippen LogP contribution in [0.4, 0.5) is 4.39 Å². The molecule has 0 amide bonds. The lowest BCUT2D eigenvalue weighted by atomic mass is 10.3. The molecule has 0 aliphatic carbocycles. The molecule has 0 saturated heterocycles. The van der Waals surface area contributed by atoms with Crippen LogP contribution in [0.15, 0.2) is 24.3 Å². The number of methoxy groups -OCH3 is 1. The largest absolute Gasteiger partial charge is 0.491 e. The first-order valence-corrected chi connectivity index (χ1v) is 5.48. The number of ether oxygens (including phenoxy) is 2. The Kier molecular flexibility index (Phi) is 6.54. The number of nitrogens with one attached hydrogen (secondary N) is 1. The minimum Gasteiger partial charge on any atom is -0.491 e. The molecule has 1 aromatic carbocycles. The van der Waals surface area contributed by atoms with Crippen LogP contribution in [0.1, 0.15) is 0 Å². The second kappa shape index (κ2) is 8.00. The molecule has 1 unspecified atom stereocenters. The molecule has 2 N–H and O–H groups in total. The van der Waals surface area contributed by atoms with Crippen LogP contribution in [0.5, 0.6) is 5.75 Å². The molecule has 0 bridgehead atoms. The highest BCUT2D eigenvalue weighted by Gasteiger charge is 2.04. The highest BCUT2D eigenvalue weighted by molar-refractivity contribution is 5.22. The van der Waals surface area contributed by atoms with Gasteiger partial charge in [-0.05, 0) is 12.1 Å². The fourth-order valence-electron chi connectivity index (χ4n) is 1.25. The lowest BCUT2D eigenvalue weighted by Gasteiger charge is -2.13. The fourth-order valence-corrected chi connectivity index (χ4v) is 1.25. The number of halogens is 1. The van der Waals surface area contributed by atoms with Gasteiger partial charge in [-0.3, -0.25) is 0 Å². The zero-order chi connectivity index (χ0) is 12.5. The monoisotopic (exact) mass is 243 g/mol. The summed E-state index contributed by atoms with van der Waals surface area (Å²) in [5.74, 6) is 0.0659. The number of rotatable bonds is 8. The van der Waals surface area contributed by atoms with E-state index in [1.807, 2.05) is 0 Å². The Morgan fingerprint density at radius 2 is 2.29 bits per heavy atom. The van der Waals surface area contributed by atoms with E-state index in [9.17, 15) is 9.50 Å². The maximum Gasteiger partial charge on any atom is 0.126 e. The second-order valence-electron chi connectivity index (χ2n) is 3.62. The van der Waals surface area contributed by atoms with Gasteiger partial charge in [0.25, 0.3) is 0 Å². The predicted molar refractivity (Wildman–Crippen MR) is 62.6 cm³/mol. The molecule has 1 atom stereocenters. The number of hydrogen-bond donors (Lipinski definition) is 2. The van der Waals surface area contributed by atoms with Crippen LogP contribution in [-0.2, 0) is 4.74 Å². The quantitative estimate of drug-likeness (QED) is 0.663. The average molecular weight is 243 g/mol. The van der Waals surface area contributed by atoms with Crippen LogP contribution in [-0.4, -0.2) is 44.6 Å². The molecule has 0 heterocycles. The van der Waals surface area contributed by atoms with Gasteiger partial charge >= 0.3 is 0 Å². The van der Waals surface area contributed by atoms with Crippen LogP contribution < -0.4 is 10.1 Å². The molecule has 0 saturated carbocycles. The van der Waals surface area contributed by atoms with Crippen molar-refractivity contribution in [1.29, 1.82) is 0 Å². The number of benzene rings is 1. The SMILES string of the molecule is COCCNCC(O)COc1cccc(F)c1. The number of aliphatic hydroxyl groups is 1. The van der Waals surface area contributed by atoms with Gasteiger partial charge in [-0.25, -0.2) is 4.39 Å². The average Bonchev–Trinajstić information content (AvgIpc) is 2.32. The Hall–Kier alpha value is -1.17. The summed E-state index contributed by atoms with van der Waals surface area (Å²) in [4.78, 5) is 0. The minimum atomic E-state index is -0.630. The topological polar surface area (TPSA) is 50.7 Å². The first-order valence-electron chi connectivity index (χ1n) is 5.48. The maximum absolute atomic E-state index is 12.8. The molecule has 0 fully saturated rings. The Balaban J connectivity index is 2.17. The molecule has 96 valence electrons. The molecule has 1 rings (SSSR count). The lowest BCUT2D eigenvalue weighted by molar-refractivity contribution is 0.103. The third kappa shape index (κ3) is 6.21. The van der Waals surface area contributed by atoms with Gasteiger partial charge in [-0.1, -0.05) is 6.07 Å². The van der Waals surface area contributed by atoms with Crippen molar-refractivity contribution in [2.75, 3.05) is 33.4 Å². The van der Waals surface area contributed by atoms with Gasteiger partial charge < -0.3 is 19.9 Å². The summed E-state index contributed by atoms with van der Waals surface area (Å²) in [6.45, 7) is 1.81. The second-order valence-corrected chi connectivity index (χ2v) is 3.62. The Morgan fingerprint density at radius 1 is 1.47 bits per heavy atom. The molecule has 0 aliphatic heterocycles. The van der Waals surface area contributed by atoms with Crippen LogP contribution in [0.3, 0.4) is 0 Å².